The Bertz CT molecular complexity index is 626. The van der Waals surface area contributed by atoms with E-state index < -0.39 is 5.41 Å². The number of carbonyl (C=O) groups is 2. The van der Waals surface area contributed by atoms with Gasteiger partial charge in [0, 0.05) is 37.6 Å². The molecule has 1 aliphatic heterocycles. The number of pyridine rings is 1. The van der Waals surface area contributed by atoms with Gasteiger partial charge in [-0.2, -0.15) is 0 Å². The average Bonchev–Trinajstić information content (AvgIpc) is 2.60. The van der Waals surface area contributed by atoms with Gasteiger partial charge < -0.3 is 10.2 Å². The number of hydrogen-bond acceptors (Lipinski definition) is 3. The lowest BCUT2D eigenvalue weighted by Gasteiger charge is -2.45. The molecule has 1 aromatic rings. The standard InChI is InChI=1S/C18H23N3O2/c1-2-21-15-7-3-4-9-18(15,10-8-16(21)22)17(23)20-13-14-6-5-11-19-12-14/h5-7,11-12H,2-4,8-10,13H2,1H3,(H,20,23). The second kappa shape index (κ2) is 6.52. The van der Waals surface area contributed by atoms with E-state index in [2.05, 4.69) is 16.4 Å². The first-order valence-corrected chi connectivity index (χ1v) is 8.35. The van der Waals surface area contributed by atoms with Gasteiger partial charge in [-0.25, -0.2) is 0 Å². The Labute approximate surface area is 136 Å². The van der Waals surface area contributed by atoms with Gasteiger partial charge in [-0.15, -0.1) is 0 Å². The minimum absolute atomic E-state index is 0.0400. The van der Waals surface area contributed by atoms with Gasteiger partial charge in [0.1, 0.15) is 0 Å². The largest absolute Gasteiger partial charge is 0.351 e. The van der Waals surface area contributed by atoms with Crippen LogP contribution >= 0.6 is 0 Å². The molecule has 1 aromatic heterocycles. The van der Waals surface area contributed by atoms with Crippen molar-refractivity contribution < 1.29 is 9.59 Å². The molecule has 2 aliphatic rings. The predicted octanol–water partition coefficient (Wildman–Crippen LogP) is 2.39. The van der Waals surface area contributed by atoms with Gasteiger partial charge in [-0.3, -0.25) is 14.6 Å². The summed E-state index contributed by atoms with van der Waals surface area (Å²) in [6, 6.07) is 3.81. The summed E-state index contributed by atoms with van der Waals surface area (Å²) in [5, 5.41) is 3.06. The van der Waals surface area contributed by atoms with Crippen molar-refractivity contribution in [2.45, 2.75) is 45.6 Å². The number of hydrogen-bond donors (Lipinski definition) is 1. The van der Waals surface area contributed by atoms with Crippen molar-refractivity contribution >= 4 is 11.8 Å². The highest BCUT2D eigenvalue weighted by atomic mass is 16.2. The van der Waals surface area contributed by atoms with E-state index in [1.54, 1.807) is 17.3 Å². The smallest absolute Gasteiger partial charge is 0.232 e. The summed E-state index contributed by atoms with van der Waals surface area (Å²) < 4.78 is 0. The van der Waals surface area contributed by atoms with Gasteiger partial charge in [-0.1, -0.05) is 12.1 Å². The van der Waals surface area contributed by atoms with E-state index in [9.17, 15) is 9.59 Å². The van der Waals surface area contributed by atoms with Crippen molar-refractivity contribution in [2.24, 2.45) is 5.41 Å². The first-order valence-electron chi connectivity index (χ1n) is 8.35. The number of likely N-dealkylation sites (tertiary alicyclic amines) is 1. The highest BCUT2D eigenvalue weighted by Gasteiger charge is 2.48. The molecule has 2 amide bonds. The Hall–Kier alpha value is -2.17. The van der Waals surface area contributed by atoms with Crippen LogP contribution in [-0.2, 0) is 16.1 Å². The Balaban J connectivity index is 1.80. The molecule has 1 unspecified atom stereocenters. The van der Waals surface area contributed by atoms with Crippen molar-refractivity contribution in [2.75, 3.05) is 6.54 Å². The molecule has 5 nitrogen and oxygen atoms in total. The summed E-state index contributed by atoms with van der Waals surface area (Å²) in [5.74, 6) is 0.176. The quantitative estimate of drug-likeness (QED) is 0.928. The third kappa shape index (κ3) is 2.87. The fourth-order valence-corrected chi connectivity index (χ4v) is 3.72. The van der Waals surface area contributed by atoms with Crippen molar-refractivity contribution in [1.82, 2.24) is 15.2 Å². The van der Waals surface area contributed by atoms with Crippen LogP contribution in [0.2, 0.25) is 0 Å². The lowest BCUT2D eigenvalue weighted by molar-refractivity contribution is -0.140. The van der Waals surface area contributed by atoms with Crippen LogP contribution in [0.25, 0.3) is 0 Å². The highest BCUT2D eigenvalue weighted by Crippen LogP contribution is 2.46. The van der Waals surface area contributed by atoms with E-state index in [-0.39, 0.29) is 11.8 Å². The number of aromatic nitrogens is 1. The summed E-state index contributed by atoms with van der Waals surface area (Å²) in [4.78, 5) is 31.0. The number of amides is 2. The van der Waals surface area contributed by atoms with Crippen LogP contribution in [-0.4, -0.2) is 28.2 Å². The molecule has 23 heavy (non-hydrogen) atoms. The molecule has 0 radical (unpaired) electrons. The predicted molar refractivity (Wildman–Crippen MR) is 87.1 cm³/mol. The molecule has 5 heteroatoms. The second-order valence-electron chi connectivity index (χ2n) is 6.25. The number of carbonyl (C=O) groups excluding carboxylic acids is 2. The van der Waals surface area contributed by atoms with Crippen LogP contribution in [0.1, 0.15) is 44.6 Å². The summed E-state index contributed by atoms with van der Waals surface area (Å²) in [7, 11) is 0. The topological polar surface area (TPSA) is 62.3 Å². The van der Waals surface area contributed by atoms with Crippen molar-refractivity contribution in [3.63, 3.8) is 0 Å². The number of nitrogens with zero attached hydrogens (tertiary/aromatic N) is 2. The maximum Gasteiger partial charge on any atom is 0.232 e. The molecule has 1 fully saturated rings. The van der Waals surface area contributed by atoms with Crippen LogP contribution in [0.3, 0.4) is 0 Å². The molecule has 0 aromatic carbocycles. The molecule has 0 saturated carbocycles. The fraction of sp³-hybridized carbons (Fsp3) is 0.500. The number of piperidine rings is 1. The third-order valence-electron chi connectivity index (χ3n) is 4.92. The van der Waals surface area contributed by atoms with E-state index in [0.29, 0.717) is 25.9 Å². The monoisotopic (exact) mass is 313 g/mol. The van der Waals surface area contributed by atoms with Gasteiger partial charge in [0.05, 0.1) is 5.41 Å². The minimum Gasteiger partial charge on any atom is -0.351 e. The molecule has 122 valence electrons. The fourth-order valence-electron chi connectivity index (χ4n) is 3.72. The van der Waals surface area contributed by atoms with Gasteiger partial charge in [0.15, 0.2) is 0 Å². The SMILES string of the molecule is CCN1C(=O)CCC2(C(=O)NCc3cccnc3)CCCC=C12. The van der Waals surface area contributed by atoms with Crippen LogP contribution in [0.4, 0.5) is 0 Å². The molecular weight excluding hydrogens is 290 g/mol. The van der Waals surface area contributed by atoms with Crippen molar-refractivity contribution in [1.29, 1.82) is 0 Å². The van der Waals surface area contributed by atoms with Gasteiger partial charge >= 0.3 is 0 Å². The summed E-state index contributed by atoms with van der Waals surface area (Å²) in [6.07, 6.45) is 9.40. The first kappa shape index (κ1) is 15.7. The zero-order valence-electron chi connectivity index (χ0n) is 13.5. The summed E-state index contributed by atoms with van der Waals surface area (Å²) >= 11 is 0. The number of nitrogens with one attached hydrogen (secondary N) is 1. The zero-order chi connectivity index (χ0) is 16.3. The van der Waals surface area contributed by atoms with Gasteiger partial charge in [0.2, 0.25) is 11.8 Å². The number of fused-ring (bicyclic) bond motifs is 1. The summed E-state index contributed by atoms with van der Waals surface area (Å²) in [6.45, 7) is 3.07. The Morgan fingerprint density at radius 1 is 1.43 bits per heavy atom. The normalized spacial score (nSPS) is 24.0. The van der Waals surface area contributed by atoms with E-state index in [1.165, 1.54) is 0 Å². The number of rotatable bonds is 4. The van der Waals surface area contributed by atoms with Gasteiger partial charge in [-0.05, 0) is 44.2 Å². The average molecular weight is 313 g/mol. The molecule has 1 aliphatic carbocycles. The van der Waals surface area contributed by atoms with E-state index >= 15 is 0 Å². The minimum atomic E-state index is -0.537. The lowest BCUT2D eigenvalue weighted by Crippen LogP contribution is -2.52. The maximum absolute atomic E-state index is 13.0. The number of allylic oxidation sites excluding steroid dienone is 1. The highest BCUT2D eigenvalue weighted by molar-refractivity contribution is 5.91. The van der Waals surface area contributed by atoms with Crippen molar-refractivity contribution in [3.8, 4) is 0 Å². The molecule has 3 rings (SSSR count). The Morgan fingerprint density at radius 2 is 2.30 bits per heavy atom. The lowest BCUT2D eigenvalue weighted by atomic mass is 9.69. The molecule has 1 atom stereocenters. The molecular formula is C18H23N3O2. The first-order chi connectivity index (χ1) is 11.2. The van der Waals surface area contributed by atoms with Gasteiger partial charge in [0.25, 0.3) is 0 Å². The zero-order valence-corrected chi connectivity index (χ0v) is 13.5. The molecule has 1 N–H and O–H groups in total. The van der Waals surface area contributed by atoms with E-state index in [0.717, 1.165) is 30.5 Å². The van der Waals surface area contributed by atoms with Crippen molar-refractivity contribution in [3.05, 3.63) is 41.9 Å². The van der Waals surface area contributed by atoms with Crippen LogP contribution in [0.5, 0.6) is 0 Å². The maximum atomic E-state index is 13.0. The molecule has 0 bridgehead atoms. The molecule has 1 saturated heterocycles. The van der Waals surface area contributed by atoms with E-state index in [1.807, 2.05) is 19.1 Å². The Morgan fingerprint density at radius 3 is 3.04 bits per heavy atom. The molecule has 2 heterocycles. The van der Waals surface area contributed by atoms with E-state index in [4.69, 9.17) is 0 Å². The van der Waals surface area contributed by atoms with Crippen LogP contribution < -0.4 is 5.32 Å². The second-order valence-corrected chi connectivity index (χ2v) is 6.25. The Kier molecular flexibility index (Phi) is 4.46. The summed E-state index contributed by atoms with van der Waals surface area (Å²) in [5.41, 5.74) is 1.37. The third-order valence-corrected chi connectivity index (χ3v) is 4.92. The van der Waals surface area contributed by atoms with Crippen LogP contribution in [0, 0.1) is 5.41 Å². The van der Waals surface area contributed by atoms with Crippen LogP contribution in [0.15, 0.2) is 36.3 Å². The molecule has 0 spiro atoms.